The lowest BCUT2D eigenvalue weighted by Crippen LogP contribution is -2.50. The Morgan fingerprint density at radius 3 is 2.48 bits per heavy atom. The minimum Gasteiger partial charge on any atom is -0.469 e. The Hall–Kier alpha value is -0.873. The maximum Gasteiger partial charge on any atom is 0.309 e. The average molecular weight is 421 g/mol. The van der Waals surface area contributed by atoms with Crippen molar-refractivity contribution in [1.29, 1.82) is 0 Å². The predicted octanol–water partition coefficient (Wildman–Crippen LogP) is 7.05. The van der Waals surface area contributed by atoms with E-state index in [0.717, 1.165) is 6.42 Å². The number of allylic oxidation sites excluding steroid dienone is 3. The minimum atomic E-state index is -1.75. The van der Waals surface area contributed by atoms with Gasteiger partial charge in [-0.15, -0.1) is 0 Å². The summed E-state index contributed by atoms with van der Waals surface area (Å²) in [7, 11) is -0.314. The van der Waals surface area contributed by atoms with Crippen LogP contribution in [0.2, 0.25) is 18.1 Å². The maximum atomic E-state index is 11.3. The Balaban J connectivity index is 2.17. The molecule has 0 radical (unpaired) electrons. The molecule has 166 valence electrons. The molecule has 0 unspecified atom stereocenters. The second-order valence-corrected chi connectivity index (χ2v) is 15.6. The lowest BCUT2D eigenvalue weighted by Gasteiger charge is -2.49. The summed E-state index contributed by atoms with van der Waals surface area (Å²) in [5.41, 5.74) is 1.87. The molecule has 2 rings (SSSR count). The van der Waals surface area contributed by atoms with Crippen LogP contribution in [0.25, 0.3) is 0 Å². The van der Waals surface area contributed by atoms with Gasteiger partial charge in [-0.25, -0.2) is 0 Å². The van der Waals surface area contributed by atoms with Gasteiger partial charge in [0.15, 0.2) is 8.32 Å². The van der Waals surface area contributed by atoms with E-state index in [1.165, 1.54) is 44.8 Å². The number of rotatable bonds is 7. The van der Waals surface area contributed by atoms with Gasteiger partial charge in [-0.3, -0.25) is 4.79 Å². The molecule has 2 aliphatic rings. The van der Waals surface area contributed by atoms with Gasteiger partial charge in [0.05, 0.1) is 13.5 Å². The van der Waals surface area contributed by atoms with Crippen molar-refractivity contribution < 1.29 is 14.0 Å². The monoisotopic (exact) mass is 420 g/mol. The van der Waals surface area contributed by atoms with E-state index in [-0.39, 0.29) is 11.0 Å². The van der Waals surface area contributed by atoms with Crippen molar-refractivity contribution in [2.45, 2.75) is 104 Å². The van der Waals surface area contributed by atoms with Crippen molar-refractivity contribution in [2.75, 3.05) is 7.11 Å². The number of carbonyl (C=O) groups excluding carboxylic acids is 1. The average Bonchev–Trinajstić information content (AvgIpc) is 2.98. The smallest absolute Gasteiger partial charge is 0.309 e. The number of fused-ring (bicyclic) bond motifs is 1. The fourth-order valence-corrected chi connectivity index (χ4v) is 6.74. The highest BCUT2D eigenvalue weighted by Crippen LogP contribution is 2.59. The Kier molecular flexibility index (Phi) is 8.00. The molecule has 0 aromatic rings. The summed E-state index contributed by atoms with van der Waals surface area (Å²) in [6.45, 7) is 16.6. The summed E-state index contributed by atoms with van der Waals surface area (Å²) in [6.07, 6.45) is 14.4. The number of hydrogen-bond acceptors (Lipinski definition) is 3. The molecule has 0 aliphatic heterocycles. The number of ether oxygens (including phenoxy) is 1. The van der Waals surface area contributed by atoms with Gasteiger partial charge in [0, 0.05) is 6.10 Å². The first-order chi connectivity index (χ1) is 13.5. The topological polar surface area (TPSA) is 35.5 Å². The second kappa shape index (κ2) is 9.51. The van der Waals surface area contributed by atoms with Crippen LogP contribution in [0.15, 0.2) is 23.8 Å². The maximum absolute atomic E-state index is 11.3. The van der Waals surface area contributed by atoms with Crippen LogP contribution in [0.4, 0.5) is 0 Å². The zero-order valence-electron chi connectivity index (χ0n) is 20.1. The summed E-state index contributed by atoms with van der Waals surface area (Å²) in [5.74, 6) is 1.12. The molecular formula is C25H44O3Si. The first kappa shape index (κ1) is 24.4. The van der Waals surface area contributed by atoms with Gasteiger partial charge < -0.3 is 9.16 Å². The zero-order valence-corrected chi connectivity index (χ0v) is 21.1. The third-order valence-electron chi connectivity index (χ3n) is 8.13. The van der Waals surface area contributed by atoms with Crippen LogP contribution in [0.5, 0.6) is 0 Å². The normalized spacial score (nSPS) is 31.2. The minimum absolute atomic E-state index is 0.182. The molecule has 4 atom stereocenters. The van der Waals surface area contributed by atoms with Crippen LogP contribution >= 0.6 is 0 Å². The lowest BCUT2D eigenvalue weighted by molar-refractivity contribution is -0.139. The van der Waals surface area contributed by atoms with Crippen molar-refractivity contribution >= 4 is 14.3 Å². The molecule has 2 aliphatic carbocycles. The van der Waals surface area contributed by atoms with Crippen LogP contribution in [0.1, 0.15) is 79.6 Å². The third kappa shape index (κ3) is 5.44. The van der Waals surface area contributed by atoms with Gasteiger partial charge in [0.25, 0.3) is 0 Å². The van der Waals surface area contributed by atoms with E-state index in [2.05, 4.69) is 59.9 Å². The van der Waals surface area contributed by atoms with Crippen molar-refractivity contribution in [3.63, 3.8) is 0 Å². The zero-order chi connectivity index (χ0) is 21.9. The van der Waals surface area contributed by atoms with Gasteiger partial charge in [-0.05, 0) is 67.5 Å². The number of methoxy groups -OCH3 is 1. The highest BCUT2D eigenvalue weighted by molar-refractivity contribution is 6.74. The summed E-state index contributed by atoms with van der Waals surface area (Å²) in [4.78, 5) is 11.3. The summed E-state index contributed by atoms with van der Waals surface area (Å²) in [6, 6.07) is 0. The molecule has 4 heteroatoms. The van der Waals surface area contributed by atoms with E-state index in [1.54, 1.807) is 0 Å². The molecule has 0 aromatic heterocycles. The van der Waals surface area contributed by atoms with Crippen molar-refractivity contribution in [1.82, 2.24) is 0 Å². The van der Waals surface area contributed by atoms with Gasteiger partial charge in [0.2, 0.25) is 0 Å². The van der Waals surface area contributed by atoms with Gasteiger partial charge in [-0.1, -0.05) is 64.8 Å². The Labute approximate surface area is 180 Å². The first-order valence-electron chi connectivity index (χ1n) is 11.6. The van der Waals surface area contributed by atoms with Crippen LogP contribution in [0, 0.1) is 17.3 Å². The summed E-state index contributed by atoms with van der Waals surface area (Å²) < 4.78 is 11.7. The highest BCUT2D eigenvalue weighted by atomic mass is 28.4. The first-order valence-corrected chi connectivity index (χ1v) is 14.5. The molecule has 0 saturated heterocycles. The lowest BCUT2D eigenvalue weighted by atomic mass is 9.62. The van der Waals surface area contributed by atoms with Crippen LogP contribution < -0.4 is 0 Å². The molecule has 2 fully saturated rings. The van der Waals surface area contributed by atoms with Crippen LogP contribution in [0.3, 0.4) is 0 Å². The van der Waals surface area contributed by atoms with Crippen molar-refractivity contribution in [2.24, 2.45) is 17.3 Å². The Morgan fingerprint density at radius 1 is 1.21 bits per heavy atom. The molecule has 2 saturated carbocycles. The van der Waals surface area contributed by atoms with Gasteiger partial charge in [-0.2, -0.15) is 0 Å². The predicted molar refractivity (Wildman–Crippen MR) is 124 cm³/mol. The molecular weight excluding hydrogens is 376 g/mol. The van der Waals surface area contributed by atoms with Crippen molar-refractivity contribution in [3.8, 4) is 0 Å². The standard InChI is InChI=1S/C25H44O3Si/c1-9-19(13-10-11-15-23(26)27-6)20-16-17-21-22(14-12-18-25(20,21)5)28-29(7,8)24(2,3)4/h10-11,13,20-22H,9,12,14-18H2,1-8H3/b11-10+,19-13-/t20-,21+,22+,25+/m1/s1. The van der Waals surface area contributed by atoms with Crippen molar-refractivity contribution in [3.05, 3.63) is 23.8 Å². The molecule has 0 aromatic carbocycles. The highest BCUT2D eigenvalue weighted by Gasteiger charge is 2.53. The molecule has 0 bridgehead atoms. The second-order valence-electron chi connectivity index (χ2n) is 10.9. The van der Waals surface area contributed by atoms with E-state index >= 15 is 0 Å². The van der Waals surface area contributed by atoms with Crippen LogP contribution in [-0.4, -0.2) is 27.5 Å². The molecule has 0 heterocycles. The number of hydrogen-bond donors (Lipinski definition) is 0. The fourth-order valence-electron chi connectivity index (χ4n) is 5.34. The van der Waals surface area contributed by atoms with Gasteiger partial charge >= 0.3 is 5.97 Å². The Morgan fingerprint density at radius 2 is 1.90 bits per heavy atom. The number of carbonyl (C=O) groups is 1. The Bertz CT molecular complexity index is 628. The third-order valence-corrected chi connectivity index (χ3v) is 12.6. The molecule has 0 N–H and O–H groups in total. The quantitative estimate of drug-likeness (QED) is 0.251. The van der Waals surface area contributed by atoms with E-state index in [9.17, 15) is 4.79 Å². The van der Waals surface area contributed by atoms with E-state index in [4.69, 9.17) is 9.16 Å². The van der Waals surface area contributed by atoms with E-state index < -0.39 is 8.32 Å². The molecule has 3 nitrogen and oxygen atoms in total. The molecule has 0 amide bonds. The molecule has 0 spiro atoms. The molecule has 29 heavy (non-hydrogen) atoms. The number of esters is 1. The summed E-state index contributed by atoms with van der Waals surface area (Å²) >= 11 is 0. The van der Waals surface area contributed by atoms with E-state index in [1.807, 2.05) is 6.08 Å². The SMILES string of the molecule is CC/C(=C/C=C/CC(=O)OC)[C@H]1CC[C@H]2[C@@H](O[Si](C)(C)C(C)(C)C)CCC[C@@]12C. The fraction of sp³-hybridized carbons (Fsp3) is 0.800. The largest absolute Gasteiger partial charge is 0.469 e. The van der Waals surface area contributed by atoms with Gasteiger partial charge in [0.1, 0.15) is 0 Å². The van der Waals surface area contributed by atoms with E-state index in [0.29, 0.717) is 29.8 Å². The summed E-state index contributed by atoms with van der Waals surface area (Å²) in [5, 5.41) is 0.262. The van der Waals surface area contributed by atoms with Crippen LogP contribution in [-0.2, 0) is 14.0 Å².